The third-order valence-electron chi connectivity index (χ3n) is 5.10. The maximum Gasteiger partial charge on any atom is 0.271 e. The van der Waals surface area contributed by atoms with Crippen molar-refractivity contribution >= 4 is 51.3 Å². The number of anilines is 1. The maximum absolute atomic E-state index is 13.4. The number of carbonyl (C=O) groups excluding carboxylic acids is 1. The van der Waals surface area contributed by atoms with Gasteiger partial charge in [-0.05, 0) is 73.6 Å². The number of amides is 1. The smallest absolute Gasteiger partial charge is 0.271 e. The fourth-order valence-electron chi connectivity index (χ4n) is 3.39. The van der Waals surface area contributed by atoms with Crippen molar-refractivity contribution in [2.45, 2.75) is 13.8 Å². The molecule has 0 bridgehead atoms. The summed E-state index contributed by atoms with van der Waals surface area (Å²) in [4.78, 5) is 27.9. The molecular weight excluding hydrogens is 404 g/mol. The normalized spacial score (nSPS) is 16.7. The van der Waals surface area contributed by atoms with Gasteiger partial charge in [-0.25, -0.2) is 9.98 Å². The van der Waals surface area contributed by atoms with Crippen molar-refractivity contribution in [3.05, 3.63) is 94.7 Å². The Kier molecular flexibility index (Phi) is 4.92. The van der Waals surface area contributed by atoms with Gasteiger partial charge < -0.3 is 4.98 Å². The highest BCUT2D eigenvalue weighted by Crippen LogP contribution is 2.37. The highest BCUT2D eigenvalue weighted by molar-refractivity contribution is 8.19. The summed E-state index contributed by atoms with van der Waals surface area (Å²) in [6.45, 7) is 4.07. The van der Waals surface area contributed by atoms with Crippen molar-refractivity contribution in [2.75, 3.05) is 4.90 Å². The Morgan fingerprint density at radius 3 is 2.42 bits per heavy atom. The molecule has 0 radical (unpaired) electrons. The third kappa shape index (κ3) is 3.90. The molecule has 0 spiro atoms. The van der Waals surface area contributed by atoms with E-state index in [9.17, 15) is 4.79 Å². The lowest BCUT2D eigenvalue weighted by Crippen LogP contribution is -2.28. The lowest BCUT2D eigenvalue weighted by Gasteiger charge is -2.16. The molecule has 5 rings (SSSR count). The molecule has 152 valence electrons. The zero-order valence-electron chi connectivity index (χ0n) is 17.2. The Morgan fingerprint density at radius 2 is 1.68 bits per heavy atom. The van der Waals surface area contributed by atoms with E-state index in [1.807, 2.05) is 86.7 Å². The predicted octanol–water partition coefficient (Wildman–Crippen LogP) is 5.99. The van der Waals surface area contributed by atoms with Crippen molar-refractivity contribution in [3.63, 3.8) is 0 Å². The van der Waals surface area contributed by atoms with Crippen LogP contribution in [0, 0.1) is 13.8 Å². The minimum Gasteiger partial charge on any atom is -0.345 e. The fourth-order valence-corrected chi connectivity index (χ4v) is 4.39. The van der Waals surface area contributed by atoms with Gasteiger partial charge in [-0.2, -0.15) is 0 Å². The Labute approximate surface area is 184 Å². The number of aliphatic imine (C=N–C) groups is 1. The lowest BCUT2D eigenvalue weighted by atomic mass is 10.1. The van der Waals surface area contributed by atoms with Crippen LogP contribution in [0.3, 0.4) is 0 Å². The monoisotopic (exact) mass is 424 g/mol. The average Bonchev–Trinajstić information content (AvgIpc) is 3.35. The molecule has 3 aromatic carbocycles. The molecule has 6 heteroatoms. The maximum atomic E-state index is 13.4. The van der Waals surface area contributed by atoms with Crippen molar-refractivity contribution in [2.24, 2.45) is 4.99 Å². The molecule has 1 N–H and O–H groups in total. The molecule has 1 aromatic heterocycles. The minimum absolute atomic E-state index is 0.0816. The number of aromatic amines is 1. The van der Waals surface area contributed by atoms with Crippen LogP contribution in [0.5, 0.6) is 0 Å². The quantitative estimate of drug-likeness (QED) is 0.411. The number of nitrogens with zero attached hydrogens (tertiary/aromatic N) is 3. The van der Waals surface area contributed by atoms with E-state index in [1.54, 1.807) is 11.2 Å². The molecule has 0 unspecified atom stereocenters. The van der Waals surface area contributed by atoms with E-state index < -0.39 is 0 Å². The van der Waals surface area contributed by atoms with Gasteiger partial charge in [0.2, 0.25) is 0 Å². The van der Waals surface area contributed by atoms with Gasteiger partial charge in [0, 0.05) is 0 Å². The molecule has 0 aliphatic carbocycles. The number of hydrogen-bond donors (Lipinski definition) is 1. The number of hydrogen-bond acceptors (Lipinski definition) is 4. The van der Waals surface area contributed by atoms with Crippen LogP contribution in [0.4, 0.5) is 11.4 Å². The molecule has 0 atom stereocenters. The molecule has 1 aliphatic heterocycles. The predicted molar refractivity (Wildman–Crippen MR) is 129 cm³/mol. The van der Waals surface area contributed by atoms with Crippen LogP contribution in [-0.4, -0.2) is 21.0 Å². The SMILES string of the molecule is Cc1ccc(/N=C2\S/C(=C\c3ccc4[nH]cnc4c3)C(=O)N2c2ccc(C)cc2)cc1. The number of rotatable bonds is 3. The number of H-pyrrole nitrogens is 1. The summed E-state index contributed by atoms with van der Waals surface area (Å²) in [5.74, 6) is -0.0816. The molecule has 1 fully saturated rings. The van der Waals surface area contributed by atoms with Gasteiger partial charge in [0.05, 0.1) is 33.6 Å². The number of carbonyl (C=O) groups is 1. The molecule has 1 aliphatic rings. The summed E-state index contributed by atoms with van der Waals surface area (Å²) in [6.07, 6.45) is 3.57. The summed E-state index contributed by atoms with van der Waals surface area (Å²) < 4.78 is 0. The van der Waals surface area contributed by atoms with Gasteiger partial charge in [-0.1, -0.05) is 41.5 Å². The number of imidazole rings is 1. The Balaban J connectivity index is 1.57. The van der Waals surface area contributed by atoms with E-state index in [0.717, 1.165) is 33.5 Å². The molecule has 1 saturated heterocycles. The van der Waals surface area contributed by atoms with Crippen molar-refractivity contribution < 1.29 is 4.79 Å². The first-order chi connectivity index (χ1) is 15.1. The average molecular weight is 425 g/mol. The first-order valence-corrected chi connectivity index (χ1v) is 10.8. The zero-order valence-corrected chi connectivity index (χ0v) is 18.0. The zero-order chi connectivity index (χ0) is 21.4. The van der Waals surface area contributed by atoms with E-state index in [-0.39, 0.29) is 5.91 Å². The number of fused-ring (bicyclic) bond motifs is 1. The van der Waals surface area contributed by atoms with Gasteiger partial charge in [0.15, 0.2) is 5.17 Å². The van der Waals surface area contributed by atoms with Crippen LogP contribution in [0.1, 0.15) is 16.7 Å². The number of nitrogens with one attached hydrogen (secondary N) is 1. The molecule has 31 heavy (non-hydrogen) atoms. The summed E-state index contributed by atoms with van der Waals surface area (Å²) in [6, 6.07) is 21.8. The first-order valence-electron chi connectivity index (χ1n) is 9.96. The highest BCUT2D eigenvalue weighted by Gasteiger charge is 2.34. The van der Waals surface area contributed by atoms with Gasteiger partial charge in [0.1, 0.15) is 0 Å². The third-order valence-corrected chi connectivity index (χ3v) is 6.07. The van der Waals surface area contributed by atoms with E-state index in [1.165, 1.54) is 17.3 Å². The lowest BCUT2D eigenvalue weighted by molar-refractivity contribution is -0.113. The Hall–Kier alpha value is -3.64. The summed E-state index contributed by atoms with van der Waals surface area (Å²) in [5, 5.41) is 0.643. The largest absolute Gasteiger partial charge is 0.345 e. The van der Waals surface area contributed by atoms with Crippen LogP contribution < -0.4 is 4.90 Å². The second-order valence-corrected chi connectivity index (χ2v) is 8.50. The molecule has 4 aromatic rings. The van der Waals surface area contributed by atoms with Gasteiger partial charge >= 0.3 is 0 Å². The van der Waals surface area contributed by atoms with Gasteiger partial charge in [-0.15, -0.1) is 0 Å². The van der Waals surface area contributed by atoms with Crippen LogP contribution in [0.15, 0.2) is 83.0 Å². The number of amidine groups is 1. The highest BCUT2D eigenvalue weighted by atomic mass is 32.2. The van der Waals surface area contributed by atoms with Crippen molar-refractivity contribution in [3.8, 4) is 0 Å². The second kappa shape index (κ2) is 7.89. The number of aromatic nitrogens is 2. The fraction of sp³-hybridized carbons (Fsp3) is 0.0800. The summed E-state index contributed by atoms with van der Waals surface area (Å²) in [7, 11) is 0. The van der Waals surface area contributed by atoms with Crippen LogP contribution in [0.2, 0.25) is 0 Å². The molecular formula is C25H20N4OS. The standard InChI is InChI=1S/C25H20N4OS/c1-16-3-8-19(9-4-16)28-25-29(20-10-5-17(2)6-11-20)24(30)23(31-25)14-18-7-12-21-22(13-18)27-15-26-21/h3-15H,1-2H3,(H,26,27)/b23-14-,28-25-. The van der Waals surface area contributed by atoms with Crippen molar-refractivity contribution in [1.29, 1.82) is 0 Å². The van der Waals surface area contributed by atoms with Crippen LogP contribution >= 0.6 is 11.8 Å². The van der Waals surface area contributed by atoms with Crippen LogP contribution in [0.25, 0.3) is 17.1 Å². The van der Waals surface area contributed by atoms with Gasteiger partial charge in [-0.3, -0.25) is 9.69 Å². The van der Waals surface area contributed by atoms with E-state index in [2.05, 4.69) is 9.97 Å². The van der Waals surface area contributed by atoms with Gasteiger partial charge in [0.25, 0.3) is 5.91 Å². The van der Waals surface area contributed by atoms with E-state index >= 15 is 0 Å². The van der Waals surface area contributed by atoms with E-state index in [0.29, 0.717) is 10.1 Å². The Bertz CT molecular complexity index is 1330. The van der Waals surface area contributed by atoms with Crippen LogP contribution in [-0.2, 0) is 4.79 Å². The molecule has 1 amide bonds. The van der Waals surface area contributed by atoms with Crippen molar-refractivity contribution in [1.82, 2.24) is 9.97 Å². The second-order valence-electron chi connectivity index (χ2n) is 7.50. The Morgan fingerprint density at radius 1 is 0.968 bits per heavy atom. The number of benzene rings is 3. The molecule has 2 heterocycles. The number of aryl methyl sites for hydroxylation is 2. The first kappa shape index (κ1) is 19.3. The summed E-state index contributed by atoms with van der Waals surface area (Å²) in [5.41, 5.74) is 6.70. The minimum atomic E-state index is -0.0816. The van der Waals surface area contributed by atoms with E-state index in [4.69, 9.17) is 4.99 Å². The molecule has 5 nitrogen and oxygen atoms in total. The molecule has 0 saturated carbocycles. The number of thioether (sulfide) groups is 1. The topological polar surface area (TPSA) is 61.4 Å². The summed E-state index contributed by atoms with van der Waals surface area (Å²) >= 11 is 1.39.